The van der Waals surface area contributed by atoms with Crippen LogP contribution in [0.2, 0.25) is 0 Å². The SMILES string of the molecule is N#C/C(=C(/O)COc1ccc(F)cc1Br)c1nc2ccccc2[nH]1. The second kappa shape index (κ2) is 6.72. The fourth-order valence-corrected chi connectivity index (χ4v) is 2.60. The van der Waals surface area contributed by atoms with E-state index in [0.717, 1.165) is 5.52 Å². The number of imidazole rings is 1. The molecule has 3 aromatic rings. The highest BCUT2D eigenvalue weighted by Gasteiger charge is 2.14. The van der Waals surface area contributed by atoms with Crippen LogP contribution in [0.1, 0.15) is 5.82 Å². The van der Waals surface area contributed by atoms with Gasteiger partial charge >= 0.3 is 0 Å². The lowest BCUT2D eigenvalue weighted by Crippen LogP contribution is -2.04. The van der Waals surface area contributed by atoms with E-state index in [1.807, 2.05) is 24.3 Å². The van der Waals surface area contributed by atoms with Gasteiger partial charge in [0, 0.05) is 0 Å². The van der Waals surface area contributed by atoms with Crippen LogP contribution in [0.15, 0.2) is 52.7 Å². The van der Waals surface area contributed by atoms with Crippen molar-refractivity contribution in [2.45, 2.75) is 0 Å². The number of halogens is 2. The smallest absolute Gasteiger partial charge is 0.152 e. The minimum atomic E-state index is -0.408. The average molecular weight is 388 g/mol. The van der Waals surface area contributed by atoms with Crippen LogP contribution in [-0.2, 0) is 0 Å². The third-order valence-electron chi connectivity index (χ3n) is 3.28. The van der Waals surface area contributed by atoms with E-state index in [-0.39, 0.29) is 23.8 Å². The molecule has 0 aliphatic rings. The molecule has 0 aliphatic carbocycles. The molecule has 0 spiro atoms. The number of nitrogens with zero attached hydrogens (tertiary/aromatic N) is 2. The molecule has 0 unspecified atom stereocenters. The highest BCUT2D eigenvalue weighted by atomic mass is 79.9. The van der Waals surface area contributed by atoms with Crippen LogP contribution in [-0.4, -0.2) is 21.7 Å². The van der Waals surface area contributed by atoms with E-state index < -0.39 is 5.82 Å². The van der Waals surface area contributed by atoms with Gasteiger partial charge in [0.25, 0.3) is 0 Å². The molecule has 0 saturated heterocycles. The van der Waals surface area contributed by atoms with Gasteiger partial charge in [-0.3, -0.25) is 0 Å². The molecule has 0 bridgehead atoms. The Balaban J connectivity index is 1.86. The van der Waals surface area contributed by atoms with Gasteiger partial charge in [0.15, 0.2) is 11.6 Å². The van der Waals surface area contributed by atoms with E-state index in [1.54, 1.807) is 6.07 Å². The first kappa shape index (κ1) is 16.0. The molecule has 0 amide bonds. The van der Waals surface area contributed by atoms with Gasteiger partial charge < -0.3 is 14.8 Å². The van der Waals surface area contributed by atoms with E-state index in [0.29, 0.717) is 15.7 Å². The van der Waals surface area contributed by atoms with E-state index in [2.05, 4.69) is 25.9 Å². The van der Waals surface area contributed by atoms with E-state index in [1.165, 1.54) is 18.2 Å². The number of hydrogen-bond acceptors (Lipinski definition) is 4. The Morgan fingerprint density at radius 1 is 1.33 bits per heavy atom. The first-order valence-corrected chi connectivity index (χ1v) is 7.73. The zero-order chi connectivity index (χ0) is 17.1. The predicted molar refractivity (Wildman–Crippen MR) is 90.9 cm³/mol. The minimum Gasteiger partial charge on any atom is -0.507 e. The van der Waals surface area contributed by atoms with Crippen LogP contribution in [0.3, 0.4) is 0 Å². The number of H-pyrrole nitrogens is 1. The Hall–Kier alpha value is -2.85. The number of benzene rings is 2. The summed E-state index contributed by atoms with van der Waals surface area (Å²) in [6.07, 6.45) is 0. The summed E-state index contributed by atoms with van der Waals surface area (Å²) in [5.41, 5.74) is 1.44. The maximum atomic E-state index is 13.1. The average Bonchev–Trinajstić information content (AvgIpc) is 2.98. The number of nitrogens with one attached hydrogen (secondary N) is 1. The molecule has 5 nitrogen and oxygen atoms in total. The number of fused-ring (bicyclic) bond motifs is 1. The number of nitriles is 1. The molecular formula is C17H11BrFN3O2. The van der Waals surface area contributed by atoms with Crippen molar-refractivity contribution in [2.75, 3.05) is 6.61 Å². The molecule has 24 heavy (non-hydrogen) atoms. The summed E-state index contributed by atoms with van der Waals surface area (Å²) in [5.74, 6) is -0.0652. The van der Waals surface area contributed by atoms with Gasteiger partial charge in [-0.05, 0) is 46.3 Å². The predicted octanol–water partition coefficient (Wildman–Crippen LogP) is 4.34. The van der Waals surface area contributed by atoms with Gasteiger partial charge in [-0.2, -0.15) is 5.26 Å². The summed E-state index contributed by atoms with van der Waals surface area (Å²) < 4.78 is 18.9. The molecule has 3 rings (SSSR count). The molecule has 1 aromatic heterocycles. The maximum absolute atomic E-state index is 13.1. The molecule has 1 heterocycles. The van der Waals surface area contributed by atoms with Crippen LogP contribution in [0.4, 0.5) is 4.39 Å². The van der Waals surface area contributed by atoms with E-state index in [9.17, 15) is 14.8 Å². The van der Waals surface area contributed by atoms with Gasteiger partial charge in [0.2, 0.25) is 0 Å². The first-order valence-electron chi connectivity index (χ1n) is 6.93. The van der Waals surface area contributed by atoms with Gasteiger partial charge in [0.05, 0.1) is 15.5 Å². The second-order valence-electron chi connectivity index (χ2n) is 4.90. The number of hydrogen-bond donors (Lipinski definition) is 2. The zero-order valence-electron chi connectivity index (χ0n) is 12.3. The van der Waals surface area contributed by atoms with Crippen LogP contribution < -0.4 is 4.74 Å². The Bertz CT molecular complexity index is 942. The second-order valence-corrected chi connectivity index (χ2v) is 5.75. The summed E-state index contributed by atoms with van der Waals surface area (Å²) in [7, 11) is 0. The number of para-hydroxylation sites is 2. The topological polar surface area (TPSA) is 81.9 Å². The van der Waals surface area contributed by atoms with Gasteiger partial charge in [-0.25, -0.2) is 9.37 Å². The number of aliphatic hydroxyl groups excluding tert-OH is 1. The minimum absolute atomic E-state index is 0.00978. The largest absolute Gasteiger partial charge is 0.507 e. The summed E-state index contributed by atoms with van der Waals surface area (Å²) in [4.78, 5) is 7.26. The lowest BCUT2D eigenvalue weighted by molar-refractivity contribution is 0.271. The van der Waals surface area contributed by atoms with Crippen molar-refractivity contribution < 1.29 is 14.2 Å². The zero-order valence-corrected chi connectivity index (χ0v) is 13.8. The number of aromatic amines is 1. The molecule has 2 N–H and O–H groups in total. The summed E-state index contributed by atoms with van der Waals surface area (Å²) in [5, 5.41) is 19.5. The van der Waals surface area contributed by atoms with Crippen molar-refractivity contribution in [3.63, 3.8) is 0 Å². The van der Waals surface area contributed by atoms with Crippen molar-refractivity contribution in [3.05, 3.63) is 64.3 Å². The summed E-state index contributed by atoms with van der Waals surface area (Å²) in [6, 6.07) is 13.1. The van der Waals surface area contributed by atoms with Crippen molar-refractivity contribution in [2.24, 2.45) is 0 Å². The van der Waals surface area contributed by atoms with Crippen molar-refractivity contribution >= 4 is 32.5 Å². The number of rotatable bonds is 4. The fourth-order valence-electron chi connectivity index (χ4n) is 2.14. The van der Waals surface area contributed by atoms with Gasteiger partial charge in [-0.1, -0.05) is 12.1 Å². The molecule has 120 valence electrons. The number of aliphatic hydroxyl groups is 1. The molecule has 2 aromatic carbocycles. The number of aromatic nitrogens is 2. The lowest BCUT2D eigenvalue weighted by Gasteiger charge is -2.08. The Morgan fingerprint density at radius 3 is 2.83 bits per heavy atom. The monoisotopic (exact) mass is 387 g/mol. The molecule has 0 aliphatic heterocycles. The van der Waals surface area contributed by atoms with Crippen molar-refractivity contribution in [1.82, 2.24) is 9.97 Å². The van der Waals surface area contributed by atoms with Crippen LogP contribution >= 0.6 is 15.9 Å². The standard InChI is InChI=1S/C17H11BrFN3O2/c18-12-7-10(19)5-6-16(12)24-9-15(23)11(8-20)17-21-13-3-1-2-4-14(13)22-17/h1-7,23H,9H2,(H,21,22)/b15-11-. The van der Waals surface area contributed by atoms with Crippen molar-refractivity contribution in [3.8, 4) is 11.8 Å². The molecule has 0 atom stereocenters. The summed E-state index contributed by atoms with van der Waals surface area (Å²) >= 11 is 3.17. The first-order chi connectivity index (χ1) is 11.6. The van der Waals surface area contributed by atoms with Gasteiger partial charge in [0.1, 0.15) is 29.8 Å². The maximum Gasteiger partial charge on any atom is 0.152 e. The van der Waals surface area contributed by atoms with Gasteiger partial charge in [-0.15, -0.1) is 0 Å². The molecule has 0 saturated carbocycles. The third kappa shape index (κ3) is 3.24. The molecule has 0 radical (unpaired) electrons. The lowest BCUT2D eigenvalue weighted by atomic mass is 10.2. The Labute approximate surface area is 145 Å². The highest BCUT2D eigenvalue weighted by molar-refractivity contribution is 9.10. The summed E-state index contributed by atoms with van der Waals surface area (Å²) in [6.45, 7) is -0.246. The third-order valence-corrected chi connectivity index (χ3v) is 3.90. The van der Waals surface area contributed by atoms with Crippen molar-refractivity contribution in [1.29, 1.82) is 5.26 Å². The van der Waals surface area contributed by atoms with Crippen LogP contribution in [0.25, 0.3) is 16.6 Å². The van der Waals surface area contributed by atoms with Crippen LogP contribution in [0.5, 0.6) is 5.75 Å². The highest BCUT2D eigenvalue weighted by Crippen LogP contribution is 2.26. The Kier molecular flexibility index (Phi) is 4.49. The Morgan fingerprint density at radius 2 is 2.12 bits per heavy atom. The van der Waals surface area contributed by atoms with E-state index >= 15 is 0 Å². The quantitative estimate of drug-likeness (QED) is 0.515. The molecular weight excluding hydrogens is 377 g/mol. The number of ether oxygens (including phenoxy) is 1. The van der Waals surface area contributed by atoms with Crippen LogP contribution in [0, 0.1) is 17.1 Å². The normalized spacial score (nSPS) is 11.9. The molecule has 7 heteroatoms. The molecule has 0 fully saturated rings. The number of allylic oxidation sites excluding steroid dienone is 1. The fraction of sp³-hybridized carbons (Fsp3) is 0.0588. The van der Waals surface area contributed by atoms with E-state index in [4.69, 9.17) is 4.74 Å².